The van der Waals surface area contributed by atoms with Crippen LogP contribution in [-0.4, -0.2) is 30.2 Å². The summed E-state index contributed by atoms with van der Waals surface area (Å²) in [7, 11) is 0. The maximum Gasteiger partial charge on any atom is 0.337 e. The Bertz CT molecular complexity index is 598. The van der Waals surface area contributed by atoms with Gasteiger partial charge >= 0.3 is 5.97 Å². The van der Waals surface area contributed by atoms with Crippen molar-refractivity contribution < 1.29 is 9.53 Å². The first-order chi connectivity index (χ1) is 12.1. The van der Waals surface area contributed by atoms with Gasteiger partial charge in [-0.2, -0.15) is 0 Å². The average Bonchev–Trinajstić information content (AvgIpc) is 2.93. The Hall–Kier alpha value is -1.33. The molecule has 138 valence electrons. The number of hydrazine groups is 1. The minimum absolute atomic E-state index is 0.0476. The minimum Gasteiger partial charge on any atom is -0.463 e. The zero-order chi connectivity index (χ0) is 18.2. The molecule has 1 atom stereocenters. The lowest BCUT2D eigenvalue weighted by molar-refractivity contribution is -0.138. The first-order valence-electron chi connectivity index (χ1n) is 9.28. The van der Waals surface area contributed by atoms with E-state index in [1.807, 2.05) is 19.1 Å². The summed E-state index contributed by atoms with van der Waals surface area (Å²) in [6.45, 7) is 7.50. The highest BCUT2D eigenvalue weighted by atomic mass is 79.9. The van der Waals surface area contributed by atoms with E-state index in [2.05, 4.69) is 52.3 Å². The molecule has 0 saturated heterocycles. The van der Waals surface area contributed by atoms with Gasteiger partial charge in [-0.1, -0.05) is 54.8 Å². The first kappa shape index (κ1) is 20.0. The number of nitrogens with zero attached hydrogens (tertiary/aromatic N) is 1. The molecule has 0 fully saturated rings. The van der Waals surface area contributed by atoms with Gasteiger partial charge in [0.25, 0.3) is 0 Å². The molecule has 4 nitrogen and oxygen atoms in total. The first-order valence-corrected chi connectivity index (χ1v) is 10.1. The number of esters is 1. The molecule has 1 N–H and O–H groups in total. The smallest absolute Gasteiger partial charge is 0.337 e. The number of benzene rings is 1. The summed E-state index contributed by atoms with van der Waals surface area (Å²) in [5.74, 6) is -0.181. The maximum atomic E-state index is 12.7. The van der Waals surface area contributed by atoms with E-state index in [-0.39, 0.29) is 12.0 Å². The van der Waals surface area contributed by atoms with E-state index in [4.69, 9.17) is 4.74 Å². The molecule has 0 radical (unpaired) electrons. The zero-order valence-corrected chi connectivity index (χ0v) is 17.1. The number of unbranched alkanes of at least 4 members (excludes halogenated alkanes) is 1. The highest BCUT2D eigenvalue weighted by Crippen LogP contribution is 2.28. The van der Waals surface area contributed by atoms with Gasteiger partial charge in [0.1, 0.15) is 0 Å². The van der Waals surface area contributed by atoms with Gasteiger partial charge in [-0.25, -0.2) is 10.2 Å². The second-order valence-electron chi connectivity index (χ2n) is 6.36. The molecule has 0 aliphatic carbocycles. The molecule has 1 aliphatic heterocycles. The van der Waals surface area contributed by atoms with E-state index in [1.54, 1.807) is 0 Å². The SMILES string of the molecule is CCCCN1NC(CCC)C(C(=O)OCC)=C1Cc1ccc(Br)cc1. The lowest BCUT2D eigenvalue weighted by Gasteiger charge is -2.23. The van der Waals surface area contributed by atoms with E-state index in [0.29, 0.717) is 6.61 Å². The van der Waals surface area contributed by atoms with Crippen LogP contribution in [0.5, 0.6) is 0 Å². The number of nitrogens with one attached hydrogen (secondary N) is 1. The van der Waals surface area contributed by atoms with Gasteiger partial charge in [-0.05, 0) is 37.5 Å². The summed E-state index contributed by atoms with van der Waals surface area (Å²) in [6.07, 6.45) is 4.90. The molecule has 5 heteroatoms. The highest BCUT2D eigenvalue weighted by molar-refractivity contribution is 9.10. The third-order valence-corrected chi connectivity index (χ3v) is 4.92. The predicted octanol–water partition coefficient (Wildman–Crippen LogP) is 4.60. The van der Waals surface area contributed by atoms with Crippen molar-refractivity contribution in [1.29, 1.82) is 0 Å². The molecule has 1 aliphatic rings. The molecular formula is C20H29BrN2O2. The lowest BCUT2D eigenvalue weighted by atomic mass is 9.99. The Kier molecular flexibility index (Phi) is 7.97. The van der Waals surface area contributed by atoms with E-state index in [0.717, 1.165) is 54.4 Å². The number of rotatable bonds is 9. The number of halogens is 1. The van der Waals surface area contributed by atoms with Crippen LogP contribution in [-0.2, 0) is 16.0 Å². The van der Waals surface area contributed by atoms with Crippen molar-refractivity contribution in [3.63, 3.8) is 0 Å². The van der Waals surface area contributed by atoms with Crippen LogP contribution < -0.4 is 5.43 Å². The monoisotopic (exact) mass is 408 g/mol. The van der Waals surface area contributed by atoms with Gasteiger partial charge in [-0.15, -0.1) is 0 Å². The summed E-state index contributed by atoms with van der Waals surface area (Å²) in [6, 6.07) is 8.34. The Balaban J connectivity index is 2.35. The van der Waals surface area contributed by atoms with Crippen LogP contribution in [0.25, 0.3) is 0 Å². The fourth-order valence-corrected chi connectivity index (χ4v) is 3.41. The second-order valence-corrected chi connectivity index (χ2v) is 7.28. The topological polar surface area (TPSA) is 41.6 Å². The molecular weight excluding hydrogens is 380 g/mol. The van der Waals surface area contributed by atoms with E-state index >= 15 is 0 Å². The number of carbonyl (C=O) groups is 1. The number of ether oxygens (including phenoxy) is 1. The van der Waals surface area contributed by atoms with Crippen molar-refractivity contribution in [1.82, 2.24) is 10.4 Å². The fourth-order valence-electron chi connectivity index (χ4n) is 3.15. The molecule has 0 amide bonds. The van der Waals surface area contributed by atoms with E-state index < -0.39 is 0 Å². The minimum atomic E-state index is -0.181. The van der Waals surface area contributed by atoms with Crippen LogP contribution in [0.4, 0.5) is 0 Å². The van der Waals surface area contributed by atoms with Crippen molar-refractivity contribution in [3.8, 4) is 0 Å². The van der Waals surface area contributed by atoms with Gasteiger partial charge in [0.15, 0.2) is 0 Å². The standard InChI is InChI=1S/C20H29BrN2O2/c1-4-7-13-23-18(14-15-9-11-16(21)12-10-15)19(20(24)25-6-3)17(22-23)8-5-2/h9-12,17,22H,4-8,13-14H2,1-3H3. The van der Waals surface area contributed by atoms with Crippen LogP contribution in [0.1, 0.15) is 52.0 Å². The van der Waals surface area contributed by atoms with Crippen LogP contribution >= 0.6 is 15.9 Å². The summed E-state index contributed by atoms with van der Waals surface area (Å²) in [5.41, 5.74) is 6.61. The number of allylic oxidation sites excluding steroid dienone is 1. The quantitative estimate of drug-likeness (QED) is 0.606. The fraction of sp³-hybridized carbons (Fsp3) is 0.550. The molecule has 0 aromatic heterocycles. The summed E-state index contributed by atoms with van der Waals surface area (Å²) in [5, 5.41) is 2.18. The van der Waals surface area contributed by atoms with Crippen LogP contribution in [0.2, 0.25) is 0 Å². The number of hydrogen-bond acceptors (Lipinski definition) is 4. The van der Waals surface area contributed by atoms with Gasteiger partial charge in [0.05, 0.1) is 18.2 Å². The Morgan fingerprint density at radius 3 is 2.52 bits per heavy atom. The third kappa shape index (κ3) is 5.32. The van der Waals surface area contributed by atoms with Crippen LogP contribution in [0.15, 0.2) is 40.0 Å². The Morgan fingerprint density at radius 2 is 1.92 bits per heavy atom. The highest BCUT2D eigenvalue weighted by Gasteiger charge is 2.35. The van der Waals surface area contributed by atoms with Crippen molar-refractivity contribution in [2.75, 3.05) is 13.2 Å². The molecule has 1 aromatic rings. The molecule has 0 saturated carbocycles. The van der Waals surface area contributed by atoms with E-state index in [9.17, 15) is 4.79 Å². The van der Waals surface area contributed by atoms with Crippen molar-refractivity contribution >= 4 is 21.9 Å². The van der Waals surface area contributed by atoms with Gasteiger partial charge in [0.2, 0.25) is 0 Å². The van der Waals surface area contributed by atoms with E-state index in [1.165, 1.54) is 5.56 Å². The molecule has 1 unspecified atom stereocenters. The maximum absolute atomic E-state index is 12.7. The van der Waals surface area contributed by atoms with Crippen LogP contribution in [0, 0.1) is 0 Å². The molecule has 2 rings (SSSR count). The third-order valence-electron chi connectivity index (χ3n) is 4.39. The molecule has 0 spiro atoms. The Labute approximate surface area is 159 Å². The Morgan fingerprint density at radius 1 is 1.20 bits per heavy atom. The van der Waals surface area contributed by atoms with Gasteiger partial charge < -0.3 is 9.75 Å². The van der Waals surface area contributed by atoms with Crippen molar-refractivity contribution in [3.05, 3.63) is 45.6 Å². The van der Waals surface area contributed by atoms with Gasteiger partial charge in [0, 0.05) is 23.1 Å². The zero-order valence-electron chi connectivity index (χ0n) is 15.5. The van der Waals surface area contributed by atoms with Crippen LogP contribution in [0.3, 0.4) is 0 Å². The summed E-state index contributed by atoms with van der Waals surface area (Å²) >= 11 is 3.48. The predicted molar refractivity (Wildman–Crippen MR) is 105 cm³/mol. The van der Waals surface area contributed by atoms with Crippen molar-refractivity contribution in [2.24, 2.45) is 0 Å². The molecule has 25 heavy (non-hydrogen) atoms. The molecule has 1 aromatic carbocycles. The second kappa shape index (κ2) is 9.97. The molecule has 0 bridgehead atoms. The number of hydrogen-bond donors (Lipinski definition) is 1. The van der Waals surface area contributed by atoms with Gasteiger partial charge in [-0.3, -0.25) is 0 Å². The number of carbonyl (C=O) groups excluding carboxylic acids is 1. The summed E-state index contributed by atoms with van der Waals surface area (Å²) < 4.78 is 6.43. The van der Waals surface area contributed by atoms with Crippen molar-refractivity contribution in [2.45, 2.75) is 58.9 Å². The lowest BCUT2D eigenvalue weighted by Crippen LogP contribution is -2.39. The average molecular weight is 409 g/mol. The largest absolute Gasteiger partial charge is 0.463 e. The molecule has 1 heterocycles. The normalized spacial score (nSPS) is 17.3. The summed E-state index contributed by atoms with van der Waals surface area (Å²) in [4.78, 5) is 12.7.